The number of hydrogen-bond donors (Lipinski definition) is 0. The molecule has 0 atom stereocenters. The van der Waals surface area contributed by atoms with E-state index in [1.165, 1.54) is 6.07 Å². The fourth-order valence-electron chi connectivity index (χ4n) is 2.60. The number of nitriles is 1. The Bertz CT molecular complexity index is 720. The first-order chi connectivity index (χ1) is 10.7. The van der Waals surface area contributed by atoms with E-state index in [9.17, 15) is 4.39 Å². The average Bonchev–Trinajstić information content (AvgIpc) is 2.55. The predicted octanol–water partition coefficient (Wildman–Crippen LogP) is 3.07. The molecule has 0 bridgehead atoms. The molecule has 1 aromatic carbocycles. The van der Waals surface area contributed by atoms with Gasteiger partial charge in [0.1, 0.15) is 11.6 Å². The minimum Gasteiger partial charge on any atom is -0.366 e. The van der Waals surface area contributed by atoms with Crippen LogP contribution < -0.4 is 9.80 Å². The Morgan fingerprint density at radius 1 is 1.14 bits per heavy atom. The third-order valence-electron chi connectivity index (χ3n) is 3.74. The largest absolute Gasteiger partial charge is 0.366 e. The molecule has 0 N–H and O–H groups in total. The van der Waals surface area contributed by atoms with Crippen molar-refractivity contribution >= 4 is 23.1 Å². The van der Waals surface area contributed by atoms with E-state index in [1.807, 2.05) is 17.0 Å². The van der Waals surface area contributed by atoms with Gasteiger partial charge in [-0.1, -0.05) is 11.6 Å². The van der Waals surface area contributed by atoms with Gasteiger partial charge < -0.3 is 9.80 Å². The van der Waals surface area contributed by atoms with E-state index in [0.29, 0.717) is 29.4 Å². The lowest BCUT2D eigenvalue weighted by molar-refractivity contribution is 0.596. The SMILES string of the molecule is N#Cc1ccc(N2CCN(c3ncccc3Cl)CC2)c(F)c1. The Morgan fingerprint density at radius 2 is 1.86 bits per heavy atom. The molecule has 1 aliphatic heterocycles. The van der Waals surface area contributed by atoms with E-state index in [1.54, 1.807) is 24.4 Å². The number of benzene rings is 1. The molecule has 1 aliphatic rings. The first-order valence-corrected chi connectivity index (χ1v) is 7.37. The number of rotatable bonds is 2. The van der Waals surface area contributed by atoms with Crippen molar-refractivity contribution in [3.63, 3.8) is 0 Å². The zero-order valence-electron chi connectivity index (χ0n) is 11.8. The lowest BCUT2D eigenvalue weighted by Crippen LogP contribution is -2.47. The monoisotopic (exact) mass is 316 g/mol. The summed E-state index contributed by atoms with van der Waals surface area (Å²) in [4.78, 5) is 8.38. The quantitative estimate of drug-likeness (QED) is 0.854. The molecule has 0 saturated carbocycles. The van der Waals surface area contributed by atoms with Crippen molar-refractivity contribution in [2.45, 2.75) is 0 Å². The molecule has 1 fully saturated rings. The predicted molar refractivity (Wildman–Crippen MR) is 84.8 cm³/mol. The van der Waals surface area contributed by atoms with Gasteiger partial charge >= 0.3 is 0 Å². The maximum absolute atomic E-state index is 14.1. The molecule has 1 saturated heterocycles. The Morgan fingerprint density at radius 3 is 2.50 bits per heavy atom. The summed E-state index contributed by atoms with van der Waals surface area (Å²) < 4.78 is 14.1. The zero-order valence-corrected chi connectivity index (χ0v) is 12.6. The van der Waals surface area contributed by atoms with Gasteiger partial charge in [0.2, 0.25) is 0 Å². The van der Waals surface area contributed by atoms with Gasteiger partial charge in [-0.15, -0.1) is 0 Å². The molecule has 3 rings (SSSR count). The van der Waals surface area contributed by atoms with Crippen LogP contribution in [0, 0.1) is 17.1 Å². The Balaban J connectivity index is 1.72. The first-order valence-electron chi connectivity index (χ1n) is 6.99. The van der Waals surface area contributed by atoms with Crippen molar-refractivity contribution in [1.82, 2.24) is 4.98 Å². The molecule has 2 heterocycles. The van der Waals surface area contributed by atoms with Gasteiger partial charge in [-0.3, -0.25) is 0 Å². The standard InChI is InChI=1S/C16H14ClFN4/c17-13-2-1-5-20-16(13)22-8-6-21(7-9-22)15-4-3-12(11-19)10-14(15)18/h1-5,10H,6-9H2. The Kier molecular flexibility index (Phi) is 4.12. The zero-order chi connectivity index (χ0) is 15.5. The number of anilines is 2. The summed E-state index contributed by atoms with van der Waals surface area (Å²) in [7, 11) is 0. The topological polar surface area (TPSA) is 43.2 Å². The number of piperazine rings is 1. The highest BCUT2D eigenvalue weighted by atomic mass is 35.5. The van der Waals surface area contributed by atoms with Gasteiger partial charge in [0.25, 0.3) is 0 Å². The van der Waals surface area contributed by atoms with Crippen LogP contribution in [0.4, 0.5) is 15.9 Å². The maximum Gasteiger partial charge on any atom is 0.147 e. The van der Waals surface area contributed by atoms with Crippen LogP contribution in [-0.2, 0) is 0 Å². The highest BCUT2D eigenvalue weighted by Gasteiger charge is 2.21. The van der Waals surface area contributed by atoms with Crippen LogP contribution in [0.2, 0.25) is 5.02 Å². The van der Waals surface area contributed by atoms with Gasteiger partial charge in [-0.2, -0.15) is 5.26 Å². The van der Waals surface area contributed by atoms with E-state index in [2.05, 4.69) is 9.88 Å². The van der Waals surface area contributed by atoms with Crippen molar-refractivity contribution in [2.24, 2.45) is 0 Å². The third kappa shape index (κ3) is 2.83. The summed E-state index contributed by atoms with van der Waals surface area (Å²) in [5.74, 6) is 0.410. The average molecular weight is 317 g/mol. The summed E-state index contributed by atoms with van der Waals surface area (Å²) in [6.45, 7) is 2.79. The molecular formula is C16H14ClFN4. The molecule has 0 amide bonds. The van der Waals surface area contributed by atoms with Crippen molar-refractivity contribution in [3.05, 3.63) is 52.9 Å². The first kappa shape index (κ1) is 14.6. The van der Waals surface area contributed by atoms with Crippen molar-refractivity contribution in [3.8, 4) is 6.07 Å². The summed E-state index contributed by atoms with van der Waals surface area (Å²) in [5, 5.41) is 9.42. The van der Waals surface area contributed by atoms with Crippen LogP contribution in [0.25, 0.3) is 0 Å². The summed E-state index contributed by atoms with van der Waals surface area (Å²) in [5.41, 5.74) is 0.867. The molecule has 0 radical (unpaired) electrons. The summed E-state index contributed by atoms with van der Waals surface area (Å²) in [6.07, 6.45) is 1.72. The van der Waals surface area contributed by atoms with E-state index < -0.39 is 0 Å². The van der Waals surface area contributed by atoms with Gasteiger partial charge in [-0.05, 0) is 30.3 Å². The van der Waals surface area contributed by atoms with Crippen LogP contribution >= 0.6 is 11.6 Å². The molecular weight excluding hydrogens is 303 g/mol. The number of pyridine rings is 1. The van der Waals surface area contributed by atoms with Crippen LogP contribution in [0.3, 0.4) is 0 Å². The second-order valence-electron chi connectivity index (χ2n) is 5.06. The molecule has 0 unspecified atom stereocenters. The molecule has 0 aliphatic carbocycles. The van der Waals surface area contributed by atoms with Crippen LogP contribution in [0.5, 0.6) is 0 Å². The number of hydrogen-bond acceptors (Lipinski definition) is 4. The second-order valence-corrected chi connectivity index (χ2v) is 5.47. The van der Waals surface area contributed by atoms with Crippen LogP contribution in [0.15, 0.2) is 36.5 Å². The highest BCUT2D eigenvalue weighted by molar-refractivity contribution is 6.32. The molecule has 1 aromatic heterocycles. The van der Waals surface area contributed by atoms with E-state index in [4.69, 9.17) is 16.9 Å². The molecule has 112 valence electrons. The Labute approximate surface area is 133 Å². The molecule has 2 aromatic rings. The van der Waals surface area contributed by atoms with Gasteiger partial charge in [0, 0.05) is 32.4 Å². The molecule has 22 heavy (non-hydrogen) atoms. The fraction of sp³-hybridized carbons (Fsp3) is 0.250. The lowest BCUT2D eigenvalue weighted by atomic mass is 10.2. The van der Waals surface area contributed by atoms with Gasteiger partial charge in [0.15, 0.2) is 0 Å². The second kappa shape index (κ2) is 6.20. The van der Waals surface area contributed by atoms with E-state index >= 15 is 0 Å². The number of halogens is 2. The normalized spacial score (nSPS) is 14.8. The number of nitrogens with zero attached hydrogens (tertiary/aromatic N) is 4. The third-order valence-corrected chi connectivity index (χ3v) is 4.03. The van der Waals surface area contributed by atoms with Gasteiger partial charge in [-0.25, -0.2) is 9.37 Å². The minimum atomic E-state index is -0.358. The van der Waals surface area contributed by atoms with E-state index in [-0.39, 0.29) is 5.82 Å². The van der Waals surface area contributed by atoms with Crippen LogP contribution in [0.1, 0.15) is 5.56 Å². The molecule has 4 nitrogen and oxygen atoms in total. The van der Waals surface area contributed by atoms with Crippen molar-refractivity contribution in [1.29, 1.82) is 5.26 Å². The molecule has 6 heteroatoms. The lowest BCUT2D eigenvalue weighted by Gasteiger charge is -2.37. The van der Waals surface area contributed by atoms with Crippen molar-refractivity contribution < 1.29 is 4.39 Å². The maximum atomic E-state index is 14.1. The Hall–Kier alpha value is -2.32. The summed E-state index contributed by atoms with van der Waals surface area (Å²) >= 11 is 6.16. The molecule has 0 spiro atoms. The smallest absolute Gasteiger partial charge is 0.147 e. The fourth-order valence-corrected chi connectivity index (χ4v) is 2.84. The number of aromatic nitrogens is 1. The van der Waals surface area contributed by atoms with Crippen molar-refractivity contribution in [2.75, 3.05) is 36.0 Å². The highest BCUT2D eigenvalue weighted by Crippen LogP contribution is 2.26. The minimum absolute atomic E-state index is 0.333. The summed E-state index contributed by atoms with van der Waals surface area (Å²) in [6, 6.07) is 10.1. The van der Waals surface area contributed by atoms with Gasteiger partial charge in [0.05, 0.1) is 22.3 Å². The van der Waals surface area contributed by atoms with E-state index in [0.717, 1.165) is 18.9 Å². The van der Waals surface area contributed by atoms with Crippen LogP contribution in [-0.4, -0.2) is 31.2 Å².